The van der Waals surface area contributed by atoms with Crippen LogP contribution >= 0.6 is 0 Å². The van der Waals surface area contributed by atoms with Gasteiger partial charge in [0.15, 0.2) is 0 Å². The van der Waals surface area contributed by atoms with Crippen LogP contribution in [0.15, 0.2) is 205 Å². The van der Waals surface area contributed by atoms with Crippen molar-refractivity contribution in [2.45, 2.75) is 25.2 Å². The Morgan fingerprint density at radius 3 is 1.78 bits per heavy atom. The molecule has 10 aromatic carbocycles. The summed E-state index contributed by atoms with van der Waals surface area (Å²) in [6, 6.07) is 73.9. The lowest BCUT2D eigenvalue weighted by atomic mass is 9.78. The first-order valence-electron chi connectivity index (χ1n) is 20.7. The first-order valence-corrected chi connectivity index (χ1v) is 20.7. The Morgan fingerprint density at radius 2 is 0.966 bits per heavy atom. The zero-order valence-electron chi connectivity index (χ0n) is 33.0. The summed E-state index contributed by atoms with van der Waals surface area (Å²) in [7, 11) is 0. The van der Waals surface area contributed by atoms with Crippen molar-refractivity contribution in [3.05, 3.63) is 228 Å². The molecule has 0 bridgehead atoms. The zero-order valence-corrected chi connectivity index (χ0v) is 33.0. The van der Waals surface area contributed by atoms with E-state index < -0.39 is 0 Å². The zero-order chi connectivity index (χ0) is 39.2. The van der Waals surface area contributed by atoms with Crippen LogP contribution in [0.2, 0.25) is 0 Å². The lowest BCUT2D eigenvalue weighted by molar-refractivity contribution is 0.658. The van der Waals surface area contributed by atoms with Gasteiger partial charge in [0.05, 0.1) is 0 Å². The first kappa shape index (κ1) is 33.9. The van der Waals surface area contributed by atoms with Gasteiger partial charge in [0, 0.05) is 27.5 Å². The predicted octanol–water partition coefficient (Wildman–Crippen LogP) is 15.9. The summed E-state index contributed by atoms with van der Waals surface area (Å²) in [5.41, 5.74) is 15.7. The molecule has 12 rings (SSSR count). The van der Waals surface area contributed by atoms with Crippen LogP contribution in [0.4, 0.5) is 0 Å². The van der Waals surface area contributed by atoms with Crippen molar-refractivity contribution >= 4 is 54.3 Å². The molecular weight excluding hydrogens is 713 g/mol. The van der Waals surface area contributed by atoms with Gasteiger partial charge in [0.2, 0.25) is 0 Å². The molecule has 0 fully saturated rings. The highest BCUT2D eigenvalue weighted by molar-refractivity contribution is 6.32. The fourth-order valence-corrected chi connectivity index (χ4v) is 10.4. The summed E-state index contributed by atoms with van der Waals surface area (Å²) < 4.78 is 7.24. The average molecular weight is 753 g/mol. The Morgan fingerprint density at radius 1 is 0.373 bits per heavy atom. The maximum Gasteiger partial charge on any atom is 0.143 e. The molecule has 1 heteroatoms. The van der Waals surface area contributed by atoms with Gasteiger partial charge in [-0.25, -0.2) is 0 Å². The van der Waals surface area contributed by atoms with Gasteiger partial charge < -0.3 is 4.42 Å². The van der Waals surface area contributed by atoms with Crippen LogP contribution in [0.25, 0.3) is 87.6 Å². The van der Waals surface area contributed by atoms with Gasteiger partial charge in [0.25, 0.3) is 0 Å². The van der Waals surface area contributed by atoms with E-state index in [9.17, 15) is 0 Å². The minimum atomic E-state index is -0.122. The molecule has 278 valence electrons. The fourth-order valence-electron chi connectivity index (χ4n) is 10.4. The number of hydrogen-bond acceptors (Lipinski definition) is 1. The molecule has 11 aromatic rings. The fraction of sp³-hybridized carbons (Fsp3) is 0.0690. The monoisotopic (exact) mass is 752 g/mol. The molecule has 0 N–H and O–H groups in total. The molecular formula is C58H40O. The third-order valence-corrected chi connectivity index (χ3v) is 13.2. The van der Waals surface area contributed by atoms with E-state index in [0.717, 1.165) is 21.9 Å². The predicted molar refractivity (Wildman–Crippen MR) is 249 cm³/mol. The van der Waals surface area contributed by atoms with Crippen LogP contribution in [0.1, 0.15) is 47.6 Å². The third-order valence-electron chi connectivity index (χ3n) is 13.2. The highest BCUT2D eigenvalue weighted by atomic mass is 16.3. The van der Waals surface area contributed by atoms with E-state index in [0.29, 0.717) is 0 Å². The Balaban J connectivity index is 1.18. The van der Waals surface area contributed by atoms with Crippen LogP contribution in [0.3, 0.4) is 0 Å². The third kappa shape index (κ3) is 5.11. The van der Waals surface area contributed by atoms with Gasteiger partial charge in [-0.2, -0.15) is 0 Å². The van der Waals surface area contributed by atoms with Crippen molar-refractivity contribution < 1.29 is 4.42 Å². The van der Waals surface area contributed by atoms with E-state index in [4.69, 9.17) is 4.42 Å². The highest BCUT2D eigenvalue weighted by Crippen LogP contribution is 2.51. The van der Waals surface area contributed by atoms with Crippen LogP contribution in [-0.2, 0) is 5.41 Å². The van der Waals surface area contributed by atoms with Gasteiger partial charge in [0.1, 0.15) is 11.2 Å². The first-order chi connectivity index (χ1) is 29.0. The lowest BCUT2D eigenvalue weighted by Crippen LogP contribution is -2.15. The molecule has 1 heterocycles. The quantitative estimate of drug-likeness (QED) is 0.126. The minimum absolute atomic E-state index is 0.0653. The molecule has 0 saturated heterocycles. The van der Waals surface area contributed by atoms with E-state index in [-0.39, 0.29) is 11.3 Å². The maximum atomic E-state index is 7.24. The summed E-state index contributed by atoms with van der Waals surface area (Å²) >= 11 is 0. The van der Waals surface area contributed by atoms with Gasteiger partial charge in [-0.15, -0.1) is 0 Å². The van der Waals surface area contributed by atoms with Crippen LogP contribution in [0, 0.1) is 0 Å². The topological polar surface area (TPSA) is 13.1 Å². The lowest BCUT2D eigenvalue weighted by Gasteiger charge is -2.25. The van der Waals surface area contributed by atoms with Gasteiger partial charge in [-0.05, 0) is 100 Å². The maximum absolute atomic E-state index is 7.24. The second-order valence-corrected chi connectivity index (χ2v) is 16.8. The number of rotatable bonds is 5. The Kier molecular flexibility index (Phi) is 7.40. The van der Waals surface area contributed by atoms with E-state index in [1.807, 2.05) is 0 Å². The molecule has 0 spiro atoms. The van der Waals surface area contributed by atoms with Crippen molar-refractivity contribution in [2.75, 3.05) is 0 Å². The molecule has 1 aliphatic carbocycles. The SMILES string of the molecule is CC1(C)c2ccccc2-c2ccc(C(c3ccc(-c4ccccc4)cc3)c3cc(-c4cccc5ccccc45)c4c(c3)oc3c5ccccc5c5ccccc5c34)cc21. The summed E-state index contributed by atoms with van der Waals surface area (Å²) in [5, 5.41) is 9.58. The Labute approximate surface area is 343 Å². The number of fused-ring (bicyclic) bond motifs is 12. The summed E-state index contributed by atoms with van der Waals surface area (Å²) in [5.74, 6) is -0.0653. The number of furan rings is 1. The minimum Gasteiger partial charge on any atom is -0.455 e. The molecule has 1 unspecified atom stereocenters. The van der Waals surface area contributed by atoms with E-state index in [1.165, 1.54) is 93.5 Å². The summed E-state index contributed by atoms with van der Waals surface area (Å²) in [6.07, 6.45) is 0. The number of hydrogen-bond donors (Lipinski definition) is 0. The summed E-state index contributed by atoms with van der Waals surface area (Å²) in [4.78, 5) is 0. The van der Waals surface area contributed by atoms with Gasteiger partial charge in [-0.3, -0.25) is 0 Å². The molecule has 0 saturated carbocycles. The van der Waals surface area contributed by atoms with Crippen LogP contribution in [-0.4, -0.2) is 0 Å². The standard InChI is InChI=1S/C58H40O/c1-58(2)51-26-13-12-22-46(51)47-32-31-40(34-52(47)58)54(39-29-27-37(28-30-39)36-15-4-3-5-16-36)41-33-50(43-25-14-18-38-17-6-7-19-42(38)43)55-53(35-41)59-57-49-24-11-9-21-45(49)44-20-8-10-23-48(44)56(55)57/h3-35,54H,1-2H3. The second-order valence-electron chi connectivity index (χ2n) is 16.8. The van der Waals surface area contributed by atoms with Crippen LogP contribution < -0.4 is 0 Å². The van der Waals surface area contributed by atoms with Crippen molar-refractivity contribution in [2.24, 2.45) is 0 Å². The van der Waals surface area contributed by atoms with E-state index in [2.05, 4.69) is 214 Å². The smallest absolute Gasteiger partial charge is 0.143 e. The van der Waals surface area contributed by atoms with E-state index in [1.54, 1.807) is 0 Å². The Bertz CT molecular complexity index is 3450. The normalized spacial score (nSPS) is 13.7. The van der Waals surface area contributed by atoms with Crippen molar-refractivity contribution in [3.63, 3.8) is 0 Å². The highest BCUT2D eigenvalue weighted by Gasteiger charge is 2.36. The molecule has 0 radical (unpaired) electrons. The second kappa shape index (κ2) is 12.9. The molecule has 1 atom stereocenters. The van der Waals surface area contributed by atoms with Gasteiger partial charge in [-0.1, -0.05) is 202 Å². The van der Waals surface area contributed by atoms with Crippen molar-refractivity contribution in [1.82, 2.24) is 0 Å². The molecule has 1 nitrogen and oxygen atoms in total. The molecule has 0 amide bonds. The molecule has 59 heavy (non-hydrogen) atoms. The van der Waals surface area contributed by atoms with Crippen molar-refractivity contribution in [3.8, 4) is 33.4 Å². The molecule has 1 aliphatic rings. The Hall–Kier alpha value is -7.22. The largest absolute Gasteiger partial charge is 0.455 e. The molecule has 0 aliphatic heterocycles. The number of benzene rings is 10. The van der Waals surface area contributed by atoms with Crippen molar-refractivity contribution in [1.29, 1.82) is 0 Å². The molecule has 1 aromatic heterocycles. The average Bonchev–Trinajstić information content (AvgIpc) is 3.79. The van der Waals surface area contributed by atoms with Crippen LogP contribution in [0.5, 0.6) is 0 Å². The van der Waals surface area contributed by atoms with E-state index >= 15 is 0 Å². The van der Waals surface area contributed by atoms with Gasteiger partial charge >= 0.3 is 0 Å². The summed E-state index contributed by atoms with van der Waals surface area (Å²) in [6.45, 7) is 4.75.